The van der Waals surface area contributed by atoms with Crippen LogP contribution in [0.3, 0.4) is 0 Å². The van der Waals surface area contributed by atoms with Crippen LogP contribution in [0.5, 0.6) is 0 Å². The second-order valence-corrected chi connectivity index (χ2v) is 11.1. The van der Waals surface area contributed by atoms with Crippen molar-refractivity contribution in [2.45, 2.75) is 95.6 Å². The highest BCUT2D eigenvalue weighted by atomic mass is 16.2. The van der Waals surface area contributed by atoms with Crippen LogP contribution in [0.1, 0.15) is 83.5 Å². The zero-order chi connectivity index (χ0) is 23.2. The average Bonchev–Trinajstić information content (AvgIpc) is 3.23. The van der Waals surface area contributed by atoms with Crippen molar-refractivity contribution < 1.29 is 4.79 Å². The van der Waals surface area contributed by atoms with E-state index in [-0.39, 0.29) is 0 Å². The van der Waals surface area contributed by atoms with Crippen LogP contribution in [-0.4, -0.2) is 77.0 Å². The molecule has 1 saturated carbocycles. The van der Waals surface area contributed by atoms with E-state index in [0.29, 0.717) is 23.9 Å². The Morgan fingerprint density at radius 3 is 2.41 bits per heavy atom. The largest absolute Gasteiger partial charge is 0.356 e. The van der Waals surface area contributed by atoms with Gasteiger partial charge >= 0.3 is 0 Å². The molecule has 3 saturated heterocycles. The van der Waals surface area contributed by atoms with Gasteiger partial charge < -0.3 is 15.1 Å². The van der Waals surface area contributed by atoms with E-state index in [2.05, 4.69) is 31.1 Å². The summed E-state index contributed by atoms with van der Waals surface area (Å²) in [5, 5.41) is 3.66. The first kappa shape index (κ1) is 23.8. The van der Waals surface area contributed by atoms with Crippen LogP contribution in [0.15, 0.2) is 12.3 Å². The molecule has 0 bridgehead atoms. The summed E-state index contributed by atoms with van der Waals surface area (Å²) < 4.78 is 0. The first-order valence-corrected chi connectivity index (χ1v) is 14.1. The third-order valence-corrected chi connectivity index (χ3v) is 8.63. The van der Waals surface area contributed by atoms with Crippen molar-refractivity contribution in [3.63, 3.8) is 0 Å². The van der Waals surface area contributed by atoms with Gasteiger partial charge in [-0.05, 0) is 69.9 Å². The highest BCUT2D eigenvalue weighted by Crippen LogP contribution is 2.29. The summed E-state index contributed by atoms with van der Waals surface area (Å²) in [5.41, 5.74) is 0. The highest BCUT2D eigenvalue weighted by Gasteiger charge is 2.31. The molecule has 0 spiro atoms. The third kappa shape index (κ3) is 6.21. The third-order valence-electron chi connectivity index (χ3n) is 8.63. The number of carbonyl (C=O) groups is 1. The number of anilines is 2. The molecule has 4 fully saturated rings. The van der Waals surface area contributed by atoms with Crippen molar-refractivity contribution in [2.75, 3.05) is 49.5 Å². The zero-order valence-electron chi connectivity index (χ0n) is 21.0. The number of rotatable bonds is 6. The number of nitrogens with one attached hydrogen (secondary N) is 1. The van der Waals surface area contributed by atoms with Crippen molar-refractivity contribution in [1.29, 1.82) is 0 Å². The topological polar surface area (TPSA) is 64.6 Å². The maximum Gasteiger partial charge on any atom is 0.224 e. The van der Waals surface area contributed by atoms with E-state index in [4.69, 9.17) is 4.98 Å². The maximum absolute atomic E-state index is 12.7. The molecule has 3 aliphatic heterocycles. The number of carbonyl (C=O) groups excluding carboxylic acids is 1. The second-order valence-electron chi connectivity index (χ2n) is 11.1. The molecule has 4 heterocycles. The van der Waals surface area contributed by atoms with Gasteiger partial charge in [-0.2, -0.15) is 4.98 Å². The predicted octanol–water partition coefficient (Wildman–Crippen LogP) is 4.30. The molecular weight excluding hydrogens is 424 g/mol. The minimum atomic E-state index is 0.398. The average molecular weight is 469 g/mol. The molecular formula is C27H44N6O. The van der Waals surface area contributed by atoms with Crippen LogP contribution in [-0.2, 0) is 4.79 Å². The van der Waals surface area contributed by atoms with E-state index >= 15 is 0 Å². The molecule has 7 nitrogen and oxygen atoms in total. The lowest BCUT2D eigenvalue weighted by atomic mass is 9.97. The van der Waals surface area contributed by atoms with E-state index in [1.807, 2.05) is 6.20 Å². The van der Waals surface area contributed by atoms with Crippen LogP contribution in [0.4, 0.5) is 11.8 Å². The molecule has 0 radical (unpaired) electrons. The van der Waals surface area contributed by atoms with Crippen LogP contribution in [0, 0.1) is 5.92 Å². The molecule has 34 heavy (non-hydrogen) atoms. The van der Waals surface area contributed by atoms with Crippen molar-refractivity contribution in [3.8, 4) is 0 Å². The first-order valence-electron chi connectivity index (χ1n) is 14.1. The molecule has 7 heteroatoms. The summed E-state index contributed by atoms with van der Waals surface area (Å²) in [5.74, 6) is 2.91. The Bertz CT molecular complexity index is 781. The van der Waals surface area contributed by atoms with Gasteiger partial charge in [0.15, 0.2) is 0 Å². The molecule has 1 atom stereocenters. The first-order chi connectivity index (χ1) is 16.7. The summed E-state index contributed by atoms with van der Waals surface area (Å²) >= 11 is 0. The van der Waals surface area contributed by atoms with Gasteiger partial charge in [-0.25, -0.2) is 4.98 Å². The number of piperidine rings is 2. The smallest absolute Gasteiger partial charge is 0.224 e. The van der Waals surface area contributed by atoms with Gasteiger partial charge in [-0.3, -0.25) is 9.69 Å². The highest BCUT2D eigenvalue weighted by molar-refractivity contribution is 5.76. The minimum Gasteiger partial charge on any atom is -0.356 e. The van der Waals surface area contributed by atoms with Gasteiger partial charge in [-0.15, -0.1) is 0 Å². The standard InChI is InChI=1S/C27H44N6O/c34-26(20-22-8-3-4-9-22)32-18-12-24(13-19-32)33-17-7-10-23(21-33)29-27-28-14-11-25(30-27)31-15-5-1-2-6-16-31/h11,14,22-24H,1-10,12-13,15-21H2,(H,28,29,30)/t23-/m0/s1. The second kappa shape index (κ2) is 11.7. The fourth-order valence-electron chi connectivity index (χ4n) is 6.60. The van der Waals surface area contributed by atoms with Gasteiger partial charge in [0.25, 0.3) is 0 Å². The number of hydrogen-bond acceptors (Lipinski definition) is 6. The maximum atomic E-state index is 12.7. The number of nitrogens with zero attached hydrogens (tertiary/aromatic N) is 5. The number of likely N-dealkylation sites (tertiary alicyclic amines) is 2. The molecule has 1 amide bonds. The number of amides is 1. The van der Waals surface area contributed by atoms with E-state index in [0.717, 1.165) is 63.8 Å². The summed E-state index contributed by atoms with van der Waals surface area (Å²) in [7, 11) is 0. The molecule has 5 rings (SSSR count). The summed E-state index contributed by atoms with van der Waals surface area (Å²) in [4.78, 5) is 29.4. The molecule has 1 aromatic rings. The zero-order valence-corrected chi connectivity index (χ0v) is 21.0. The normalized spacial score (nSPS) is 25.9. The van der Waals surface area contributed by atoms with E-state index in [1.165, 1.54) is 70.8 Å². The molecule has 1 aliphatic carbocycles. The number of hydrogen-bond donors (Lipinski definition) is 1. The Hall–Kier alpha value is -1.89. The van der Waals surface area contributed by atoms with Gasteiger partial charge in [0.05, 0.1) is 0 Å². The quantitative estimate of drug-likeness (QED) is 0.671. The lowest BCUT2D eigenvalue weighted by molar-refractivity contribution is -0.133. The van der Waals surface area contributed by atoms with Crippen LogP contribution in [0.2, 0.25) is 0 Å². The van der Waals surface area contributed by atoms with E-state index < -0.39 is 0 Å². The molecule has 1 aromatic heterocycles. The Balaban J connectivity index is 1.10. The Morgan fingerprint density at radius 2 is 1.65 bits per heavy atom. The van der Waals surface area contributed by atoms with Gasteiger partial charge in [0, 0.05) is 57.4 Å². The molecule has 4 aliphatic rings. The van der Waals surface area contributed by atoms with Crippen LogP contribution < -0.4 is 10.2 Å². The Labute approximate surface area is 205 Å². The Morgan fingerprint density at radius 1 is 0.882 bits per heavy atom. The predicted molar refractivity (Wildman–Crippen MR) is 137 cm³/mol. The van der Waals surface area contributed by atoms with E-state index in [1.54, 1.807) is 0 Å². The summed E-state index contributed by atoms with van der Waals surface area (Å²) in [6, 6.07) is 3.06. The number of aromatic nitrogens is 2. The van der Waals surface area contributed by atoms with Crippen molar-refractivity contribution in [2.24, 2.45) is 5.92 Å². The lowest BCUT2D eigenvalue weighted by Crippen LogP contribution is -2.52. The SMILES string of the molecule is O=C(CC1CCCC1)N1CCC(N2CCC[C@H](Nc3nccc(N4CCCCCC4)n3)C2)CC1. The van der Waals surface area contributed by atoms with Gasteiger partial charge in [-0.1, -0.05) is 25.7 Å². The molecule has 188 valence electrons. The summed E-state index contributed by atoms with van der Waals surface area (Å²) in [6.07, 6.45) is 17.6. The van der Waals surface area contributed by atoms with Crippen molar-refractivity contribution >= 4 is 17.7 Å². The molecule has 0 aromatic carbocycles. The van der Waals surface area contributed by atoms with Crippen LogP contribution >= 0.6 is 0 Å². The van der Waals surface area contributed by atoms with Gasteiger partial charge in [0.1, 0.15) is 5.82 Å². The molecule has 1 N–H and O–H groups in total. The fourth-order valence-corrected chi connectivity index (χ4v) is 6.60. The minimum absolute atomic E-state index is 0.398. The van der Waals surface area contributed by atoms with Crippen molar-refractivity contribution in [3.05, 3.63) is 12.3 Å². The molecule has 0 unspecified atom stereocenters. The van der Waals surface area contributed by atoms with E-state index in [9.17, 15) is 4.79 Å². The van der Waals surface area contributed by atoms with Crippen molar-refractivity contribution in [1.82, 2.24) is 19.8 Å². The fraction of sp³-hybridized carbons (Fsp3) is 0.815. The van der Waals surface area contributed by atoms with Gasteiger partial charge in [0.2, 0.25) is 11.9 Å². The lowest BCUT2D eigenvalue weighted by Gasteiger charge is -2.42. The monoisotopic (exact) mass is 468 g/mol. The van der Waals surface area contributed by atoms with Crippen LogP contribution in [0.25, 0.3) is 0 Å². The Kier molecular flexibility index (Phi) is 8.20. The summed E-state index contributed by atoms with van der Waals surface area (Å²) in [6.45, 7) is 6.31.